The van der Waals surface area contributed by atoms with Gasteiger partial charge in [0.1, 0.15) is 11.6 Å². The molecule has 6 rings (SSSR count). The summed E-state index contributed by atoms with van der Waals surface area (Å²) >= 11 is 0. The highest BCUT2D eigenvalue weighted by Gasteiger charge is 2.31. The zero-order chi connectivity index (χ0) is 28.2. The van der Waals surface area contributed by atoms with Gasteiger partial charge in [-0.05, 0) is 61.4 Å². The van der Waals surface area contributed by atoms with E-state index in [1.165, 1.54) is 5.56 Å². The lowest BCUT2D eigenvalue weighted by Gasteiger charge is -2.36. The highest BCUT2D eigenvalue weighted by atomic mass is 32.2. The summed E-state index contributed by atoms with van der Waals surface area (Å²) in [7, 11) is -3.59. The van der Waals surface area contributed by atoms with Gasteiger partial charge in [0.25, 0.3) is 0 Å². The molecule has 0 radical (unpaired) electrons. The van der Waals surface area contributed by atoms with E-state index in [1.54, 1.807) is 39.4 Å². The van der Waals surface area contributed by atoms with E-state index >= 15 is 0 Å². The van der Waals surface area contributed by atoms with E-state index in [0.717, 1.165) is 41.2 Å². The number of rotatable bonds is 9. The molecule has 1 fully saturated rings. The number of aromatic nitrogens is 4. The second-order valence-corrected chi connectivity index (χ2v) is 12.1. The molecule has 9 nitrogen and oxygen atoms in total. The van der Waals surface area contributed by atoms with Gasteiger partial charge in [0.05, 0.1) is 22.1 Å². The zero-order valence-corrected chi connectivity index (χ0v) is 23.8. The Bertz CT molecular complexity index is 1700. The normalized spacial score (nSPS) is 15.6. The Kier molecular flexibility index (Phi) is 7.78. The molecule has 41 heavy (non-hydrogen) atoms. The van der Waals surface area contributed by atoms with Crippen LogP contribution < -0.4 is 5.32 Å². The van der Waals surface area contributed by atoms with Crippen LogP contribution in [0, 0.1) is 0 Å². The van der Waals surface area contributed by atoms with E-state index in [-0.39, 0.29) is 6.04 Å². The van der Waals surface area contributed by atoms with Gasteiger partial charge >= 0.3 is 0 Å². The summed E-state index contributed by atoms with van der Waals surface area (Å²) in [5.41, 5.74) is 2.98. The fourth-order valence-corrected chi connectivity index (χ4v) is 6.64. The SMILES string of the molecule is C[C@@H](c1nc(NCCc2ccccc2)c2ccccc2n1)N1CCN(S(=O)(=O)c2ccc(-n3cccn3)cc2)CC1. The smallest absolute Gasteiger partial charge is 0.243 e. The maximum atomic E-state index is 13.4. The minimum atomic E-state index is -3.59. The molecule has 5 aromatic rings. The predicted molar refractivity (Wildman–Crippen MR) is 160 cm³/mol. The first-order chi connectivity index (χ1) is 20.0. The summed E-state index contributed by atoms with van der Waals surface area (Å²) in [5.74, 6) is 1.56. The van der Waals surface area contributed by atoms with Crippen molar-refractivity contribution in [3.05, 3.63) is 109 Å². The fourth-order valence-electron chi connectivity index (χ4n) is 5.22. The Balaban J connectivity index is 1.13. The number of para-hydroxylation sites is 1. The maximum absolute atomic E-state index is 13.4. The molecule has 3 heterocycles. The Morgan fingerprint density at radius 3 is 2.32 bits per heavy atom. The molecular formula is C31H33N7O2S. The number of hydrogen-bond donors (Lipinski definition) is 1. The van der Waals surface area contributed by atoms with Crippen molar-refractivity contribution in [1.29, 1.82) is 0 Å². The molecule has 1 aliphatic heterocycles. The number of nitrogens with zero attached hydrogens (tertiary/aromatic N) is 6. The van der Waals surface area contributed by atoms with Crippen LogP contribution in [0.1, 0.15) is 24.4 Å². The van der Waals surface area contributed by atoms with Crippen molar-refractivity contribution in [3.8, 4) is 5.69 Å². The second kappa shape index (κ2) is 11.8. The summed E-state index contributed by atoms with van der Waals surface area (Å²) in [5, 5.41) is 8.73. The van der Waals surface area contributed by atoms with E-state index in [2.05, 4.69) is 46.5 Å². The van der Waals surface area contributed by atoms with Crippen LogP contribution in [0.15, 0.2) is 102 Å². The Morgan fingerprint density at radius 1 is 0.854 bits per heavy atom. The highest BCUT2D eigenvalue weighted by molar-refractivity contribution is 7.89. The monoisotopic (exact) mass is 567 g/mol. The first-order valence-electron chi connectivity index (χ1n) is 13.9. The molecule has 10 heteroatoms. The largest absolute Gasteiger partial charge is 0.369 e. The van der Waals surface area contributed by atoms with E-state index in [0.29, 0.717) is 31.1 Å². The molecule has 2 aromatic heterocycles. The van der Waals surface area contributed by atoms with Gasteiger partial charge in [-0.1, -0.05) is 42.5 Å². The van der Waals surface area contributed by atoms with Gasteiger partial charge < -0.3 is 5.32 Å². The number of sulfonamides is 1. The highest BCUT2D eigenvalue weighted by Crippen LogP contribution is 2.27. The van der Waals surface area contributed by atoms with Crippen molar-refractivity contribution in [2.45, 2.75) is 24.3 Å². The van der Waals surface area contributed by atoms with E-state index in [9.17, 15) is 8.42 Å². The van der Waals surface area contributed by atoms with Gasteiger partial charge in [0, 0.05) is 50.5 Å². The summed E-state index contributed by atoms with van der Waals surface area (Å²) in [6.07, 6.45) is 4.41. The van der Waals surface area contributed by atoms with Gasteiger partial charge in [-0.3, -0.25) is 4.90 Å². The molecule has 0 spiro atoms. The Morgan fingerprint density at radius 2 is 1.59 bits per heavy atom. The molecule has 1 saturated heterocycles. The third kappa shape index (κ3) is 5.85. The van der Waals surface area contributed by atoms with Crippen molar-refractivity contribution in [1.82, 2.24) is 29.0 Å². The lowest BCUT2D eigenvalue weighted by molar-refractivity contribution is 0.141. The number of hydrogen-bond acceptors (Lipinski definition) is 7. The minimum absolute atomic E-state index is 0.0625. The first kappa shape index (κ1) is 27.1. The van der Waals surface area contributed by atoms with Crippen LogP contribution in [0.3, 0.4) is 0 Å². The average molecular weight is 568 g/mol. The molecule has 0 bridgehead atoms. The van der Waals surface area contributed by atoms with E-state index in [4.69, 9.17) is 9.97 Å². The van der Waals surface area contributed by atoms with Crippen molar-refractivity contribution in [3.63, 3.8) is 0 Å². The van der Waals surface area contributed by atoms with Gasteiger partial charge in [-0.15, -0.1) is 0 Å². The molecule has 0 amide bonds. The van der Waals surface area contributed by atoms with Crippen LogP contribution in [0.25, 0.3) is 16.6 Å². The Hall–Kier alpha value is -4.12. The summed E-state index contributed by atoms with van der Waals surface area (Å²) < 4.78 is 30.0. The summed E-state index contributed by atoms with van der Waals surface area (Å²) in [6.45, 7) is 4.86. The zero-order valence-electron chi connectivity index (χ0n) is 23.0. The van der Waals surface area contributed by atoms with Crippen molar-refractivity contribution in [2.24, 2.45) is 0 Å². The van der Waals surface area contributed by atoms with Crippen molar-refractivity contribution in [2.75, 3.05) is 38.0 Å². The van der Waals surface area contributed by atoms with E-state index in [1.807, 2.05) is 42.6 Å². The lowest BCUT2D eigenvalue weighted by Crippen LogP contribution is -2.49. The number of piperazine rings is 1. The molecule has 0 aliphatic carbocycles. The van der Waals surface area contributed by atoms with E-state index < -0.39 is 10.0 Å². The third-order valence-electron chi connectivity index (χ3n) is 7.61. The van der Waals surface area contributed by atoms with Crippen LogP contribution in [0.4, 0.5) is 5.82 Å². The van der Waals surface area contributed by atoms with Gasteiger partial charge in [-0.25, -0.2) is 23.1 Å². The number of benzene rings is 3. The number of fused-ring (bicyclic) bond motifs is 1. The van der Waals surface area contributed by atoms with Crippen molar-refractivity contribution >= 4 is 26.7 Å². The fraction of sp³-hybridized carbons (Fsp3) is 0.258. The maximum Gasteiger partial charge on any atom is 0.243 e. The molecule has 1 aliphatic rings. The minimum Gasteiger partial charge on any atom is -0.369 e. The standard InChI is InChI=1S/C31H33N7O2S/c1-24(30-34-29-11-6-5-10-28(29)31(35-30)32-18-16-25-8-3-2-4-9-25)36-20-22-37(23-21-36)41(39,40)27-14-12-26(13-15-27)38-19-7-17-33-38/h2-15,17,19,24H,16,18,20-23H2,1H3,(H,32,34,35)/t24-/m0/s1. The molecule has 1 N–H and O–H groups in total. The summed E-state index contributed by atoms with van der Waals surface area (Å²) in [6, 6.07) is 27.1. The second-order valence-electron chi connectivity index (χ2n) is 10.2. The topological polar surface area (TPSA) is 96.3 Å². The molecule has 3 aromatic carbocycles. The average Bonchev–Trinajstić information content (AvgIpc) is 3.57. The van der Waals surface area contributed by atoms with Gasteiger partial charge in [-0.2, -0.15) is 9.40 Å². The van der Waals surface area contributed by atoms with Gasteiger partial charge in [0.15, 0.2) is 0 Å². The lowest BCUT2D eigenvalue weighted by atomic mass is 10.1. The first-order valence-corrected chi connectivity index (χ1v) is 15.3. The molecular weight excluding hydrogens is 534 g/mol. The quantitative estimate of drug-likeness (QED) is 0.279. The number of nitrogens with one attached hydrogen (secondary N) is 1. The summed E-state index contributed by atoms with van der Waals surface area (Å²) in [4.78, 5) is 12.4. The molecule has 0 saturated carbocycles. The van der Waals surface area contributed by atoms with Crippen LogP contribution in [-0.2, 0) is 16.4 Å². The van der Waals surface area contributed by atoms with Crippen LogP contribution in [0.5, 0.6) is 0 Å². The van der Waals surface area contributed by atoms with Crippen LogP contribution in [-0.4, -0.2) is 70.1 Å². The van der Waals surface area contributed by atoms with Crippen LogP contribution >= 0.6 is 0 Å². The molecule has 0 unspecified atom stereocenters. The third-order valence-corrected chi connectivity index (χ3v) is 9.52. The van der Waals surface area contributed by atoms with Gasteiger partial charge in [0.2, 0.25) is 10.0 Å². The van der Waals surface area contributed by atoms with Crippen molar-refractivity contribution < 1.29 is 8.42 Å². The predicted octanol–water partition coefficient (Wildman–Crippen LogP) is 4.54. The Labute approximate surface area is 240 Å². The molecule has 210 valence electrons. The number of anilines is 1. The van der Waals surface area contributed by atoms with Crippen LogP contribution in [0.2, 0.25) is 0 Å². The molecule has 1 atom stereocenters.